The van der Waals surface area contributed by atoms with Gasteiger partial charge in [0.1, 0.15) is 0 Å². The monoisotopic (exact) mass is 320 g/mol. The highest BCUT2D eigenvalue weighted by molar-refractivity contribution is 7.77. The fourth-order valence-electron chi connectivity index (χ4n) is 2.36. The summed E-state index contributed by atoms with van der Waals surface area (Å²) in [5, 5.41) is 1.45. The molecule has 0 radical (unpaired) electrons. The van der Waals surface area contributed by atoms with Crippen LogP contribution in [0.15, 0.2) is 89.8 Å². The molecule has 0 fully saturated rings. The summed E-state index contributed by atoms with van der Waals surface area (Å²) in [6.07, 6.45) is 1.71. The number of nitrogens with zero attached hydrogens (tertiary/aromatic N) is 2. The summed E-state index contributed by atoms with van der Waals surface area (Å²) in [6, 6.07) is 24.4. The van der Waals surface area contributed by atoms with Crippen LogP contribution in [0.5, 0.6) is 0 Å². The Morgan fingerprint density at radius 1 is 0.826 bits per heavy atom. The Balaban J connectivity index is 2.16. The minimum atomic E-state index is -3.10. The minimum Gasteiger partial charge on any atom is -0.288 e. The van der Waals surface area contributed by atoms with Crippen molar-refractivity contribution in [2.45, 2.75) is 6.92 Å². The third-order valence-corrected chi connectivity index (χ3v) is 6.12. The van der Waals surface area contributed by atoms with E-state index in [0.717, 1.165) is 16.3 Å². The molecule has 114 valence electrons. The molecular formula is C19H17N2OP. The van der Waals surface area contributed by atoms with E-state index in [1.807, 2.05) is 85.8 Å². The molecule has 0 bridgehead atoms. The molecule has 1 aromatic heterocycles. The van der Waals surface area contributed by atoms with Crippen molar-refractivity contribution in [2.75, 3.05) is 0 Å². The molecule has 3 nitrogen and oxygen atoms in total. The first-order chi connectivity index (χ1) is 11.2. The fourth-order valence-corrected chi connectivity index (χ4v) is 4.57. The van der Waals surface area contributed by atoms with Crippen molar-refractivity contribution >= 4 is 23.6 Å². The van der Waals surface area contributed by atoms with Crippen LogP contribution >= 0.6 is 7.29 Å². The average molecular weight is 320 g/mol. The molecule has 0 saturated heterocycles. The highest BCUT2D eigenvalue weighted by atomic mass is 31.2. The lowest BCUT2D eigenvalue weighted by Gasteiger charge is -2.15. The molecule has 0 aliphatic heterocycles. The second-order valence-corrected chi connectivity index (χ2v) is 7.53. The SMILES string of the molecule is C/C(=N\P(=O)(c1ccccc1)c1ccccc1)c1ccccn1. The Morgan fingerprint density at radius 3 is 1.83 bits per heavy atom. The van der Waals surface area contributed by atoms with Crippen LogP contribution in [0.4, 0.5) is 0 Å². The van der Waals surface area contributed by atoms with Crippen molar-refractivity contribution in [3.63, 3.8) is 0 Å². The van der Waals surface area contributed by atoms with E-state index < -0.39 is 7.29 Å². The van der Waals surface area contributed by atoms with Gasteiger partial charge in [-0.05, 0) is 43.3 Å². The molecular weight excluding hydrogens is 303 g/mol. The van der Waals surface area contributed by atoms with Crippen molar-refractivity contribution in [1.82, 2.24) is 4.98 Å². The van der Waals surface area contributed by atoms with Crippen LogP contribution in [0.2, 0.25) is 0 Å². The predicted molar refractivity (Wildman–Crippen MR) is 96.2 cm³/mol. The van der Waals surface area contributed by atoms with E-state index in [1.165, 1.54) is 0 Å². The average Bonchev–Trinajstić information content (AvgIpc) is 2.64. The maximum atomic E-state index is 13.8. The number of aromatic nitrogens is 1. The molecule has 0 amide bonds. The smallest absolute Gasteiger partial charge is 0.247 e. The van der Waals surface area contributed by atoms with E-state index in [-0.39, 0.29) is 0 Å². The number of hydrogen-bond donors (Lipinski definition) is 0. The summed E-state index contributed by atoms with van der Waals surface area (Å²) in [4.78, 5) is 4.30. The van der Waals surface area contributed by atoms with Gasteiger partial charge in [-0.2, -0.15) is 0 Å². The van der Waals surface area contributed by atoms with Gasteiger partial charge in [0.2, 0.25) is 7.29 Å². The van der Waals surface area contributed by atoms with Crippen molar-refractivity contribution in [3.8, 4) is 0 Å². The second-order valence-electron chi connectivity index (χ2n) is 5.15. The number of rotatable bonds is 4. The molecule has 3 aromatic rings. The first kappa shape index (κ1) is 15.4. The highest BCUT2D eigenvalue weighted by Crippen LogP contribution is 2.45. The normalized spacial score (nSPS) is 12.1. The molecule has 23 heavy (non-hydrogen) atoms. The first-order valence-corrected chi connectivity index (χ1v) is 9.05. The van der Waals surface area contributed by atoms with Crippen LogP contribution in [-0.2, 0) is 4.57 Å². The van der Waals surface area contributed by atoms with E-state index in [9.17, 15) is 4.57 Å². The van der Waals surface area contributed by atoms with Crippen LogP contribution in [0, 0.1) is 0 Å². The summed E-state index contributed by atoms with van der Waals surface area (Å²) in [5.41, 5.74) is 1.40. The lowest BCUT2D eigenvalue weighted by atomic mass is 10.3. The predicted octanol–water partition coefficient (Wildman–Crippen LogP) is 3.82. The maximum Gasteiger partial charge on any atom is 0.247 e. The molecule has 0 atom stereocenters. The third kappa shape index (κ3) is 3.30. The van der Waals surface area contributed by atoms with E-state index in [1.54, 1.807) is 6.20 Å². The van der Waals surface area contributed by atoms with E-state index >= 15 is 0 Å². The van der Waals surface area contributed by atoms with Crippen molar-refractivity contribution in [3.05, 3.63) is 90.8 Å². The highest BCUT2D eigenvalue weighted by Gasteiger charge is 2.26. The molecule has 0 N–H and O–H groups in total. The van der Waals surface area contributed by atoms with Gasteiger partial charge in [-0.25, -0.2) is 4.76 Å². The van der Waals surface area contributed by atoms with Crippen molar-refractivity contribution < 1.29 is 4.57 Å². The summed E-state index contributed by atoms with van der Waals surface area (Å²) < 4.78 is 18.4. The van der Waals surface area contributed by atoms with Gasteiger partial charge in [0.15, 0.2) is 0 Å². The van der Waals surface area contributed by atoms with Crippen molar-refractivity contribution in [2.24, 2.45) is 4.76 Å². The Hall–Kier alpha value is -2.51. The molecule has 0 aliphatic rings. The molecule has 2 aromatic carbocycles. The lowest BCUT2D eigenvalue weighted by molar-refractivity contribution is 0.588. The molecule has 0 saturated carbocycles. The number of hydrogen-bond acceptors (Lipinski definition) is 2. The maximum absolute atomic E-state index is 13.8. The minimum absolute atomic E-state index is 0.668. The zero-order chi connectivity index (χ0) is 16.1. The van der Waals surface area contributed by atoms with Crippen LogP contribution in [0.25, 0.3) is 0 Å². The molecule has 3 rings (SSSR count). The Morgan fingerprint density at radius 2 is 1.35 bits per heavy atom. The molecule has 1 heterocycles. The zero-order valence-corrected chi connectivity index (χ0v) is 13.7. The molecule has 4 heteroatoms. The molecule has 0 unspecified atom stereocenters. The van der Waals surface area contributed by atoms with Gasteiger partial charge in [0, 0.05) is 16.8 Å². The van der Waals surface area contributed by atoms with Gasteiger partial charge in [0.25, 0.3) is 0 Å². The summed E-state index contributed by atoms with van der Waals surface area (Å²) in [6.45, 7) is 1.85. The van der Waals surface area contributed by atoms with Crippen LogP contribution in [0.3, 0.4) is 0 Å². The molecule has 0 spiro atoms. The Labute approximate surface area is 136 Å². The van der Waals surface area contributed by atoms with Crippen LogP contribution in [0.1, 0.15) is 12.6 Å². The van der Waals surface area contributed by atoms with Gasteiger partial charge in [-0.15, -0.1) is 0 Å². The third-order valence-electron chi connectivity index (χ3n) is 3.54. The van der Waals surface area contributed by atoms with Crippen LogP contribution in [-0.4, -0.2) is 10.7 Å². The van der Waals surface area contributed by atoms with Crippen LogP contribution < -0.4 is 10.6 Å². The first-order valence-electron chi connectivity index (χ1n) is 7.40. The largest absolute Gasteiger partial charge is 0.288 e. The fraction of sp³-hybridized carbons (Fsp3) is 0.0526. The van der Waals surface area contributed by atoms with Gasteiger partial charge >= 0.3 is 0 Å². The standard InChI is InChI=1S/C19H17N2OP/c1-16(19-14-8-9-15-20-19)21-23(22,17-10-4-2-5-11-17)18-12-6-3-7-13-18/h2-15H,1H3/b21-16+. The second kappa shape index (κ2) is 6.72. The van der Waals surface area contributed by atoms with Gasteiger partial charge in [-0.1, -0.05) is 42.5 Å². The topological polar surface area (TPSA) is 42.3 Å². The van der Waals surface area contributed by atoms with E-state index in [2.05, 4.69) is 9.75 Å². The van der Waals surface area contributed by atoms with E-state index in [0.29, 0.717) is 5.71 Å². The zero-order valence-electron chi connectivity index (χ0n) is 12.8. The lowest BCUT2D eigenvalue weighted by Crippen LogP contribution is -2.15. The summed E-state index contributed by atoms with van der Waals surface area (Å²) >= 11 is 0. The Kier molecular flexibility index (Phi) is 4.50. The molecule has 0 aliphatic carbocycles. The summed E-state index contributed by atoms with van der Waals surface area (Å²) in [7, 11) is -3.10. The van der Waals surface area contributed by atoms with Gasteiger partial charge in [0.05, 0.1) is 11.4 Å². The quantitative estimate of drug-likeness (QED) is 0.542. The number of pyridine rings is 1. The summed E-state index contributed by atoms with van der Waals surface area (Å²) in [5.74, 6) is 0. The van der Waals surface area contributed by atoms with Gasteiger partial charge in [-0.3, -0.25) is 9.55 Å². The van der Waals surface area contributed by atoms with E-state index in [4.69, 9.17) is 0 Å². The number of benzene rings is 2. The van der Waals surface area contributed by atoms with Crippen molar-refractivity contribution in [1.29, 1.82) is 0 Å². The Bertz CT molecular complexity index is 803. The van der Waals surface area contributed by atoms with Gasteiger partial charge < -0.3 is 0 Å².